The number of benzene rings is 1. The summed E-state index contributed by atoms with van der Waals surface area (Å²) in [5.41, 5.74) is 5.49. The lowest BCUT2D eigenvalue weighted by Crippen LogP contribution is -2.42. The van der Waals surface area contributed by atoms with Gasteiger partial charge in [0.1, 0.15) is 12.3 Å². The molecule has 146 valence electrons. The van der Waals surface area contributed by atoms with Crippen molar-refractivity contribution in [2.45, 2.75) is 19.5 Å². The molecule has 0 saturated carbocycles. The Morgan fingerprint density at radius 2 is 1.93 bits per heavy atom. The third-order valence-electron chi connectivity index (χ3n) is 4.92. The number of nitrogens with zero attached hydrogens (tertiary/aromatic N) is 5. The molecular formula is C18H20N6O4. The second kappa shape index (κ2) is 6.55. The first-order chi connectivity index (χ1) is 13.4. The highest BCUT2D eigenvalue weighted by Crippen LogP contribution is 2.31. The molecule has 1 aromatic carbocycles. The van der Waals surface area contributed by atoms with Crippen LogP contribution in [0, 0.1) is 0 Å². The maximum Gasteiger partial charge on any atom is 0.332 e. The van der Waals surface area contributed by atoms with Gasteiger partial charge in [-0.05, 0) is 30.7 Å². The summed E-state index contributed by atoms with van der Waals surface area (Å²) >= 11 is 0. The highest BCUT2D eigenvalue weighted by Gasteiger charge is 2.27. The van der Waals surface area contributed by atoms with Crippen LogP contribution in [0.4, 0.5) is 11.6 Å². The van der Waals surface area contributed by atoms with E-state index in [-0.39, 0.29) is 11.2 Å². The molecule has 0 radical (unpaired) electrons. The molecule has 0 bridgehead atoms. The van der Waals surface area contributed by atoms with Gasteiger partial charge in [0, 0.05) is 25.8 Å². The number of fused-ring (bicyclic) bond motifs is 3. The molecule has 0 unspecified atom stereocenters. The van der Waals surface area contributed by atoms with Gasteiger partial charge in [0.15, 0.2) is 11.2 Å². The average Bonchev–Trinajstić information content (AvgIpc) is 3.09. The number of amides is 1. The van der Waals surface area contributed by atoms with Crippen molar-refractivity contribution in [1.29, 1.82) is 0 Å². The van der Waals surface area contributed by atoms with Gasteiger partial charge in [0.05, 0.1) is 7.11 Å². The third-order valence-corrected chi connectivity index (χ3v) is 4.92. The summed E-state index contributed by atoms with van der Waals surface area (Å²) in [4.78, 5) is 43.3. The van der Waals surface area contributed by atoms with Crippen molar-refractivity contribution in [3.8, 4) is 5.75 Å². The molecule has 10 heteroatoms. The number of primary amides is 1. The number of carbonyl (C=O) groups is 1. The number of aromatic nitrogens is 4. The fraction of sp³-hybridized carbons (Fsp3) is 0.333. The molecular weight excluding hydrogens is 364 g/mol. The number of hydrogen-bond donors (Lipinski definition) is 1. The van der Waals surface area contributed by atoms with Crippen molar-refractivity contribution in [2.24, 2.45) is 12.8 Å². The van der Waals surface area contributed by atoms with E-state index in [0.717, 1.165) is 29.0 Å². The molecule has 3 aromatic rings. The normalized spacial score (nSPS) is 13.6. The molecule has 3 heterocycles. The Morgan fingerprint density at radius 3 is 2.57 bits per heavy atom. The van der Waals surface area contributed by atoms with Crippen molar-refractivity contribution < 1.29 is 9.53 Å². The smallest absolute Gasteiger partial charge is 0.332 e. The van der Waals surface area contributed by atoms with E-state index in [0.29, 0.717) is 12.5 Å². The molecule has 0 atom stereocenters. The second-order valence-electron chi connectivity index (χ2n) is 6.64. The predicted molar refractivity (Wildman–Crippen MR) is 103 cm³/mol. The highest BCUT2D eigenvalue weighted by atomic mass is 16.5. The van der Waals surface area contributed by atoms with Gasteiger partial charge in [0.2, 0.25) is 11.9 Å². The van der Waals surface area contributed by atoms with Gasteiger partial charge < -0.3 is 19.9 Å². The number of methoxy groups -OCH3 is 1. The van der Waals surface area contributed by atoms with Gasteiger partial charge in [-0.3, -0.25) is 14.2 Å². The number of ether oxygens (including phenoxy) is 1. The van der Waals surface area contributed by atoms with E-state index >= 15 is 0 Å². The second-order valence-corrected chi connectivity index (χ2v) is 6.64. The van der Waals surface area contributed by atoms with Crippen molar-refractivity contribution in [3.05, 3.63) is 45.1 Å². The Kier molecular flexibility index (Phi) is 4.17. The van der Waals surface area contributed by atoms with Crippen LogP contribution in [-0.4, -0.2) is 38.2 Å². The first-order valence-corrected chi connectivity index (χ1v) is 8.82. The third kappa shape index (κ3) is 2.65. The van der Waals surface area contributed by atoms with Crippen LogP contribution in [0.15, 0.2) is 33.9 Å². The summed E-state index contributed by atoms with van der Waals surface area (Å²) in [6.07, 6.45) is 0.794. The van der Waals surface area contributed by atoms with Gasteiger partial charge in [-0.25, -0.2) is 9.36 Å². The van der Waals surface area contributed by atoms with E-state index < -0.39 is 23.7 Å². The topological polar surface area (TPSA) is 117 Å². The van der Waals surface area contributed by atoms with Crippen LogP contribution < -0.4 is 26.6 Å². The zero-order valence-corrected chi connectivity index (χ0v) is 15.6. The molecule has 0 aliphatic carbocycles. The molecule has 4 rings (SSSR count). The number of aryl methyl sites for hydroxylation is 2. The Balaban J connectivity index is 1.94. The molecule has 2 N–H and O–H groups in total. The van der Waals surface area contributed by atoms with E-state index in [2.05, 4.69) is 4.98 Å². The average molecular weight is 384 g/mol. The van der Waals surface area contributed by atoms with Crippen molar-refractivity contribution in [1.82, 2.24) is 18.7 Å². The zero-order chi connectivity index (χ0) is 20.0. The van der Waals surface area contributed by atoms with Crippen LogP contribution in [0.3, 0.4) is 0 Å². The standard InChI is InChI=1S/C18H20N6O4/c1-21-15-14(16(26)24(18(21)27)10-13(19)25)23-9-3-8-22(17(23)20-15)11-4-6-12(28-2)7-5-11/h4-7H,3,8-10H2,1-2H3,(H2,19,25). The number of hydrogen-bond acceptors (Lipinski definition) is 6. The molecule has 1 aliphatic rings. The number of rotatable bonds is 4. The number of anilines is 2. The minimum Gasteiger partial charge on any atom is -0.497 e. The van der Waals surface area contributed by atoms with Crippen molar-refractivity contribution in [2.75, 3.05) is 18.6 Å². The number of carbonyl (C=O) groups excluding carboxylic acids is 1. The molecule has 0 spiro atoms. The Hall–Kier alpha value is -3.56. The minimum absolute atomic E-state index is 0.283. The van der Waals surface area contributed by atoms with Gasteiger partial charge in [0.25, 0.3) is 5.56 Å². The Morgan fingerprint density at radius 1 is 1.21 bits per heavy atom. The first kappa shape index (κ1) is 17.8. The van der Waals surface area contributed by atoms with Crippen LogP contribution in [-0.2, 0) is 24.9 Å². The first-order valence-electron chi connectivity index (χ1n) is 8.82. The fourth-order valence-corrected chi connectivity index (χ4v) is 3.57. The SMILES string of the molecule is COc1ccc(N2CCCn3c2nc2c3c(=O)n(CC(N)=O)c(=O)n2C)cc1. The van der Waals surface area contributed by atoms with Crippen molar-refractivity contribution >= 4 is 28.7 Å². The summed E-state index contributed by atoms with van der Waals surface area (Å²) in [6, 6.07) is 7.54. The van der Waals surface area contributed by atoms with Gasteiger partial charge in [-0.15, -0.1) is 0 Å². The van der Waals surface area contributed by atoms with Crippen LogP contribution in [0.25, 0.3) is 11.2 Å². The summed E-state index contributed by atoms with van der Waals surface area (Å²) in [5.74, 6) is 0.568. The van der Waals surface area contributed by atoms with E-state index in [1.165, 1.54) is 11.6 Å². The number of imidazole rings is 1. The van der Waals surface area contributed by atoms with Crippen LogP contribution in [0.5, 0.6) is 5.75 Å². The Bertz CT molecular complexity index is 1190. The molecule has 1 amide bonds. The predicted octanol–water partition coefficient (Wildman–Crippen LogP) is -0.0676. The van der Waals surface area contributed by atoms with Crippen LogP contribution in [0.1, 0.15) is 6.42 Å². The van der Waals surface area contributed by atoms with Gasteiger partial charge in [-0.2, -0.15) is 4.98 Å². The summed E-state index contributed by atoms with van der Waals surface area (Å²) in [5, 5.41) is 0. The monoisotopic (exact) mass is 384 g/mol. The molecule has 0 saturated heterocycles. The molecule has 10 nitrogen and oxygen atoms in total. The highest BCUT2D eigenvalue weighted by molar-refractivity contribution is 5.78. The Labute approximate surface area is 159 Å². The summed E-state index contributed by atoms with van der Waals surface area (Å²) in [7, 11) is 3.13. The summed E-state index contributed by atoms with van der Waals surface area (Å²) < 4.78 is 9.13. The molecule has 0 fully saturated rings. The van der Waals surface area contributed by atoms with E-state index in [1.54, 1.807) is 11.7 Å². The van der Waals surface area contributed by atoms with Crippen LogP contribution in [0.2, 0.25) is 0 Å². The largest absolute Gasteiger partial charge is 0.497 e. The van der Waals surface area contributed by atoms with E-state index in [4.69, 9.17) is 10.5 Å². The molecule has 1 aliphatic heterocycles. The van der Waals surface area contributed by atoms with Gasteiger partial charge >= 0.3 is 5.69 Å². The van der Waals surface area contributed by atoms with E-state index in [9.17, 15) is 14.4 Å². The summed E-state index contributed by atoms with van der Waals surface area (Å²) in [6.45, 7) is 0.839. The zero-order valence-electron chi connectivity index (χ0n) is 15.6. The minimum atomic E-state index is -0.753. The maximum absolute atomic E-state index is 12.9. The molecule has 2 aromatic heterocycles. The lowest BCUT2D eigenvalue weighted by Gasteiger charge is -2.29. The van der Waals surface area contributed by atoms with Gasteiger partial charge in [-0.1, -0.05) is 0 Å². The maximum atomic E-state index is 12.9. The number of nitrogens with two attached hydrogens (primary N) is 1. The van der Waals surface area contributed by atoms with Crippen molar-refractivity contribution in [3.63, 3.8) is 0 Å². The fourth-order valence-electron chi connectivity index (χ4n) is 3.57. The lowest BCUT2D eigenvalue weighted by molar-refractivity contribution is -0.118. The molecule has 28 heavy (non-hydrogen) atoms. The quantitative estimate of drug-likeness (QED) is 0.673. The van der Waals surface area contributed by atoms with Crippen LogP contribution >= 0.6 is 0 Å². The lowest BCUT2D eigenvalue weighted by atomic mass is 10.2. The van der Waals surface area contributed by atoms with E-state index in [1.807, 2.05) is 29.2 Å².